The van der Waals surface area contributed by atoms with Crippen molar-refractivity contribution in [1.29, 1.82) is 0 Å². The van der Waals surface area contributed by atoms with Gasteiger partial charge in [0.1, 0.15) is 23.9 Å². The maximum atomic E-state index is 13.0. The minimum absolute atomic E-state index is 0.0479. The summed E-state index contributed by atoms with van der Waals surface area (Å²) in [6.07, 6.45) is 2.72. The number of benzene rings is 1. The second-order valence-electron chi connectivity index (χ2n) is 4.41. The Balaban J connectivity index is 1.93. The van der Waals surface area contributed by atoms with E-state index in [-0.39, 0.29) is 11.6 Å². The molecular formula is C15H17ClFNO2. The minimum atomic E-state index is -0.457. The Labute approximate surface area is 122 Å². The van der Waals surface area contributed by atoms with E-state index in [0.717, 1.165) is 30.8 Å². The van der Waals surface area contributed by atoms with Crippen LogP contribution in [0.2, 0.25) is 5.02 Å². The maximum absolute atomic E-state index is 13.0. The van der Waals surface area contributed by atoms with E-state index in [0.29, 0.717) is 5.75 Å². The number of hydrogen-bond donors (Lipinski definition) is 1. The first kappa shape index (κ1) is 14.9. The maximum Gasteiger partial charge on any atom is 0.146 e. The van der Waals surface area contributed by atoms with Gasteiger partial charge in [-0.1, -0.05) is 18.5 Å². The van der Waals surface area contributed by atoms with E-state index in [2.05, 4.69) is 12.2 Å². The normalized spacial score (nSPS) is 10.8. The monoisotopic (exact) mass is 297 g/mol. The Morgan fingerprint density at radius 2 is 2.20 bits per heavy atom. The summed E-state index contributed by atoms with van der Waals surface area (Å²) in [5.41, 5.74) is 1.06. The highest BCUT2D eigenvalue weighted by atomic mass is 35.5. The minimum Gasteiger partial charge on any atom is -0.486 e. The smallest absolute Gasteiger partial charge is 0.146 e. The summed E-state index contributed by atoms with van der Waals surface area (Å²) in [6, 6.07) is 6.19. The lowest BCUT2D eigenvalue weighted by molar-refractivity contribution is 0.268. The van der Waals surface area contributed by atoms with Gasteiger partial charge in [-0.25, -0.2) is 4.39 Å². The highest BCUT2D eigenvalue weighted by Crippen LogP contribution is 2.22. The van der Waals surface area contributed by atoms with E-state index in [1.165, 1.54) is 12.1 Å². The summed E-state index contributed by atoms with van der Waals surface area (Å²) in [5.74, 6) is 0.816. The molecule has 2 aromatic rings. The summed E-state index contributed by atoms with van der Waals surface area (Å²) < 4.78 is 24.0. The van der Waals surface area contributed by atoms with Crippen molar-refractivity contribution >= 4 is 11.6 Å². The molecule has 0 spiro atoms. The van der Waals surface area contributed by atoms with E-state index < -0.39 is 5.82 Å². The molecule has 0 atom stereocenters. The third-order valence-electron chi connectivity index (χ3n) is 2.84. The zero-order valence-corrected chi connectivity index (χ0v) is 12.0. The van der Waals surface area contributed by atoms with Crippen molar-refractivity contribution in [2.45, 2.75) is 26.5 Å². The number of halogens is 2. The predicted octanol–water partition coefficient (Wildman–Crippen LogP) is 4.15. The van der Waals surface area contributed by atoms with Crippen LogP contribution < -0.4 is 10.1 Å². The number of nitrogens with one attached hydrogen (secondary N) is 1. The fourth-order valence-corrected chi connectivity index (χ4v) is 1.94. The third kappa shape index (κ3) is 3.99. The van der Waals surface area contributed by atoms with Crippen LogP contribution in [-0.4, -0.2) is 6.54 Å². The van der Waals surface area contributed by atoms with Crippen LogP contribution in [0.5, 0.6) is 5.75 Å². The molecule has 3 nitrogen and oxygen atoms in total. The van der Waals surface area contributed by atoms with E-state index in [1.807, 2.05) is 6.07 Å². The van der Waals surface area contributed by atoms with Crippen LogP contribution in [0.25, 0.3) is 0 Å². The molecular weight excluding hydrogens is 281 g/mol. The molecule has 20 heavy (non-hydrogen) atoms. The van der Waals surface area contributed by atoms with Gasteiger partial charge in [-0.05, 0) is 31.2 Å². The van der Waals surface area contributed by atoms with E-state index in [4.69, 9.17) is 20.8 Å². The Morgan fingerprint density at radius 3 is 2.95 bits per heavy atom. The molecule has 0 radical (unpaired) electrons. The van der Waals surface area contributed by atoms with Gasteiger partial charge in [-0.3, -0.25) is 0 Å². The molecule has 2 rings (SSSR count). The lowest BCUT2D eigenvalue weighted by Crippen LogP contribution is -2.14. The largest absolute Gasteiger partial charge is 0.486 e. The molecule has 0 saturated heterocycles. The molecule has 5 heteroatoms. The lowest BCUT2D eigenvalue weighted by atomic mass is 10.2. The van der Waals surface area contributed by atoms with Crippen molar-refractivity contribution < 1.29 is 13.5 Å². The van der Waals surface area contributed by atoms with Crippen LogP contribution in [0.1, 0.15) is 24.7 Å². The van der Waals surface area contributed by atoms with Crippen LogP contribution in [0.3, 0.4) is 0 Å². The topological polar surface area (TPSA) is 34.4 Å². The van der Waals surface area contributed by atoms with Gasteiger partial charge in [0.05, 0.1) is 11.3 Å². The lowest BCUT2D eigenvalue weighted by Gasteiger charge is -2.07. The van der Waals surface area contributed by atoms with Gasteiger partial charge in [0.2, 0.25) is 0 Å². The van der Waals surface area contributed by atoms with Crippen molar-refractivity contribution in [3.8, 4) is 5.75 Å². The summed E-state index contributed by atoms with van der Waals surface area (Å²) >= 11 is 5.70. The van der Waals surface area contributed by atoms with Crippen LogP contribution >= 0.6 is 11.6 Å². The van der Waals surface area contributed by atoms with E-state index in [9.17, 15) is 4.39 Å². The molecule has 1 aromatic heterocycles. The number of furan rings is 1. The Kier molecular flexibility index (Phi) is 5.44. The average Bonchev–Trinajstić information content (AvgIpc) is 2.88. The fourth-order valence-electron chi connectivity index (χ4n) is 1.77. The standard InChI is InChI=1S/C15H17ClFNO2/c1-2-6-18-9-11-5-7-19-15(11)10-20-12-3-4-14(17)13(16)8-12/h3-5,7-8,18H,2,6,9-10H2,1H3. The summed E-state index contributed by atoms with van der Waals surface area (Å²) in [4.78, 5) is 0. The molecule has 0 aliphatic carbocycles. The first-order valence-corrected chi connectivity index (χ1v) is 6.92. The third-order valence-corrected chi connectivity index (χ3v) is 3.13. The molecule has 0 aliphatic heterocycles. The van der Waals surface area contributed by atoms with Crippen LogP contribution in [0.4, 0.5) is 4.39 Å². The van der Waals surface area contributed by atoms with Crippen molar-refractivity contribution in [1.82, 2.24) is 5.32 Å². The quantitative estimate of drug-likeness (QED) is 0.780. The summed E-state index contributed by atoms with van der Waals surface area (Å²) in [6.45, 7) is 4.11. The molecule has 0 fully saturated rings. The molecule has 1 aromatic carbocycles. The van der Waals surface area contributed by atoms with Gasteiger partial charge in [0, 0.05) is 18.2 Å². The summed E-state index contributed by atoms with van der Waals surface area (Å²) in [7, 11) is 0. The highest BCUT2D eigenvalue weighted by molar-refractivity contribution is 6.30. The van der Waals surface area contributed by atoms with Crippen molar-refractivity contribution in [3.63, 3.8) is 0 Å². The average molecular weight is 298 g/mol. The Bertz CT molecular complexity index is 557. The zero-order chi connectivity index (χ0) is 14.4. The van der Waals surface area contributed by atoms with E-state index >= 15 is 0 Å². The predicted molar refractivity (Wildman–Crippen MR) is 76.4 cm³/mol. The second-order valence-corrected chi connectivity index (χ2v) is 4.82. The fraction of sp³-hybridized carbons (Fsp3) is 0.333. The molecule has 108 valence electrons. The second kappa shape index (κ2) is 7.31. The van der Waals surface area contributed by atoms with Crippen molar-refractivity contribution in [2.75, 3.05) is 6.54 Å². The molecule has 0 amide bonds. The SMILES string of the molecule is CCCNCc1ccoc1COc1ccc(F)c(Cl)c1. The molecule has 0 aliphatic rings. The number of hydrogen-bond acceptors (Lipinski definition) is 3. The van der Waals surface area contributed by atoms with Gasteiger partial charge >= 0.3 is 0 Å². The number of rotatable bonds is 7. The first-order valence-electron chi connectivity index (χ1n) is 6.54. The highest BCUT2D eigenvalue weighted by Gasteiger charge is 2.08. The van der Waals surface area contributed by atoms with Gasteiger partial charge in [-0.2, -0.15) is 0 Å². The van der Waals surface area contributed by atoms with E-state index in [1.54, 1.807) is 12.3 Å². The number of ether oxygens (including phenoxy) is 1. The van der Waals surface area contributed by atoms with Crippen molar-refractivity contribution in [3.05, 3.63) is 52.7 Å². The van der Waals surface area contributed by atoms with Gasteiger partial charge in [-0.15, -0.1) is 0 Å². The van der Waals surface area contributed by atoms with Crippen molar-refractivity contribution in [2.24, 2.45) is 0 Å². The zero-order valence-electron chi connectivity index (χ0n) is 11.3. The Morgan fingerprint density at radius 1 is 1.35 bits per heavy atom. The first-order chi connectivity index (χ1) is 9.70. The van der Waals surface area contributed by atoms with Crippen LogP contribution in [0.15, 0.2) is 34.9 Å². The summed E-state index contributed by atoms with van der Waals surface area (Å²) in [5, 5.41) is 3.35. The molecule has 0 bridgehead atoms. The van der Waals surface area contributed by atoms with Gasteiger partial charge < -0.3 is 14.5 Å². The van der Waals surface area contributed by atoms with Crippen LogP contribution in [-0.2, 0) is 13.2 Å². The van der Waals surface area contributed by atoms with Crippen LogP contribution in [0, 0.1) is 5.82 Å². The van der Waals surface area contributed by atoms with Gasteiger partial charge in [0.15, 0.2) is 0 Å². The molecule has 1 heterocycles. The van der Waals surface area contributed by atoms with Gasteiger partial charge in [0.25, 0.3) is 0 Å². The molecule has 0 saturated carbocycles. The molecule has 0 unspecified atom stereocenters. The Hall–Kier alpha value is -1.52. The molecule has 1 N–H and O–H groups in total.